The Morgan fingerprint density at radius 1 is 1.13 bits per heavy atom. The van der Waals surface area contributed by atoms with Crippen LogP contribution in [-0.4, -0.2) is 43.6 Å². The molecule has 1 aliphatic carbocycles. The van der Waals surface area contributed by atoms with Crippen molar-refractivity contribution in [3.63, 3.8) is 0 Å². The van der Waals surface area contributed by atoms with Gasteiger partial charge in [0.05, 0.1) is 11.9 Å². The van der Waals surface area contributed by atoms with Crippen LogP contribution in [0.25, 0.3) is 0 Å². The van der Waals surface area contributed by atoms with Gasteiger partial charge < -0.3 is 10.1 Å². The lowest BCUT2D eigenvalue weighted by Gasteiger charge is -2.30. The number of amides is 1. The van der Waals surface area contributed by atoms with Crippen LogP contribution >= 0.6 is 0 Å². The molecule has 1 aromatic rings. The lowest BCUT2D eigenvalue weighted by Crippen LogP contribution is -2.43. The maximum atomic E-state index is 12.6. The largest absolute Gasteiger partial charge is 0.490 e. The normalized spacial score (nSPS) is 19.5. The van der Waals surface area contributed by atoms with E-state index in [0.717, 1.165) is 30.6 Å². The van der Waals surface area contributed by atoms with Crippen LogP contribution in [0.5, 0.6) is 5.75 Å². The van der Waals surface area contributed by atoms with Crippen LogP contribution in [0.1, 0.15) is 70.3 Å². The van der Waals surface area contributed by atoms with Crippen molar-refractivity contribution in [2.24, 2.45) is 5.92 Å². The Morgan fingerprint density at radius 3 is 2.57 bits per heavy atom. The molecule has 0 atom stereocenters. The number of hydrogen-bond donors (Lipinski definition) is 1. The van der Waals surface area contributed by atoms with Gasteiger partial charge in [0, 0.05) is 25.6 Å². The summed E-state index contributed by atoms with van der Waals surface area (Å²) in [4.78, 5) is 12.6. The van der Waals surface area contributed by atoms with Crippen molar-refractivity contribution in [2.75, 3.05) is 18.8 Å². The standard InChI is InChI=1S/C23H36N2O4S/c1-2-3-16-30(27,28)25-14-12-20(13-15-25)23(26)24-18-19-8-7-11-22(17-19)29-21-9-5-4-6-10-21/h7-8,11,17,20-21H,2-6,9-10,12-16,18H2,1H3,(H,24,26). The average molecular weight is 437 g/mol. The Balaban J connectivity index is 1.44. The Kier molecular flexibility index (Phi) is 8.57. The van der Waals surface area contributed by atoms with Crippen molar-refractivity contribution in [1.82, 2.24) is 9.62 Å². The zero-order chi connectivity index (χ0) is 21.4. The Hall–Kier alpha value is -1.60. The van der Waals surface area contributed by atoms with Gasteiger partial charge in [0.2, 0.25) is 15.9 Å². The van der Waals surface area contributed by atoms with E-state index in [4.69, 9.17) is 4.74 Å². The van der Waals surface area contributed by atoms with E-state index in [2.05, 4.69) is 5.32 Å². The molecule has 2 fully saturated rings. The minimum Gasteiger partial charge on any atom is -0.490 e. The van der Waals surface area contributed by atoms with Crippen molar-refractivity contribution in [3.05, 3.63) is 29.8 Å². The molecule has 0 radical (unpaired) electrons. The molecular formula is C23H36N2O4S. The highest BCUT2D eigenvalue weighted by Gasteiger charge is 2.30. The lowest BCUT2D eigenvalue weighted by molar-refractivity contribution is -0.126. The minimum absolute atomic E-state index is 0.0132. The number of unbranched alkanes of at least 4 members (excludes halogenated alkanes) is 1. The van der Waals surface area contributed by atoms with E-state index in [1.165, 1.54) is 19.3 Å². The number of carbonyl (C=O) groups is 1. The van der Waals surface area contributed by atoms with E-state index in [-0.39, 0.29) is 17.6 Å². The smallest absolute Gasteiger partial charge is 0.223 e. The fraction of sp³-hybridized carbons (Fsp3) is 0.696. The number of hydrogen-bond acceptors (Lipinski definition) is 4. The minimum atomic E-state index is -3.18. The van der Waals surface area contributed by atoms with Gasteiger partial charge in [0.15, 0.2) is 0 Å². The van der Waals surface area contributed by atoms with Crippen molar-refractivity contribution in [3.8, 4) is 5.75 Å². The summed E-state index contributed by atoms with van der Waals surface area (Å²) in [5.41, 5.74) is 1.02. The van der Waals surface area contributed by atoms with E-state index in [1.54, 1.807) is 4.31 Å². The summed E-state index contributed by atoms with van der Waals surface area (Å²) in [6, 6.07) is 7.96. The zero-order valence-electron chi connectivity index (χ0n) is 18.1. The monoisotopic (exact) mass is 436 g/mol. The van der Waals surface area contributed by atoms with E-state index in [9.17, 15) is 13.2 Å². The van der Waals surface area contributed by atoms with Crippen molar-refractivity contribution < 1.29 is 17.9 Å². The van der Waals surface area contributed by atoms with Gasteiger partial charge in [-0.15, -0.1) is 0 Å². The first kappa shape index (κ1) is 23.1. The van der Waals surface area contributed by atoms with E-state index < -0.39 is 10.0 Å². The molecule has 30 heavy (non-hydrogen) atoms. The molecule has 1 aromatic carbocycles. The molecule has 0 spiro atoms. The molecule has 1 heterocycles. The lowest BCUT2D eigenvalue weighted by atomic mass is 9.97. The summed E-state index contributed by atoms with van der Waals surface area (Å²) < 4.78 is 32.3. The van der Waals surface area contributed by atoms with Gasteiger partial charge in [-0.1, -0.05) is 31.9 Å². The third-order valence-corrected chi connectivity index (χ3v) is 8.15. The van der Waals surface area contributed by atoms with Crippen LogP contribution in [0.15, 0.2) is 24.3 Å². The summed E-state index contributed by atoms with van der Waals surface area (Å²) in [6.45, 7) is 3.34. The molecule has 1 aliphatic heterocycles. The molecule has 0 bridgehead atoms. The summed E-state index contributed by atoms with van der Waals surface area (Å²) in [6.07, 6.45) is 9.04. The van der Waals surface area contributed by atoms with Crippen LogP contribution in [0, 0.1) is 5.92 Å². The van der Waals surface area contributed by atoms with Crippen molar-refractivity contribution >= 4 is 15.9 Å². The molecule has 0 unspecified atom stereocenters. The second-order valence-electron chi connectivity index (χ2n) is 8.59. The molecule has 7 heteroatoms. The molecule has 1 saturated carbocycles. The summed E-state index contributed by atoms with van der Waals surface area (Å²) in [5, 5.41) is 3.02. The second kappa shape index (κ2) is 11.1. The number of sulfonamides is 1. The number of benzene rings is 1. The molecular weight excluding hydrogens is 400 g/mol. The number of rotatable bonds is 9. The highest BCUT2D eigenvalue weighted by Crippen LogP contribution is 2.24. The highest BCUT2D eigenvalue weighted by molar-refractivity contribution is 7.89. The number of carbonyl (C=O) groups excluding carboxylic acids is 1. The molecule has 1 amide bonds. The maximum absolute atomic E-state index is 12.6. The number of nitrogens with zero attached hydrogens (tertiary/aromatic N) is 1. The van der Waals surface area contributed by atoms with Gasteiger partial charge in [-0.3, -0.25) is 4.79 Å². The highest BCUT2D eigenvalue weighted by atomic mass is 32.2. The van der Waals surface area contributed by atoms with Crippen LogP contribution in [-0.2, 0) is 21.4 Å². The van der Waals surface area contributed by atoms with Gasteiger partial charge in [0.1, 0.15) is 5.75 Å². The van der Waals surface area contributed by atoms with Crippen LogP contribution in [0.4, 0.5) is 0 Å². The Labute approximate surface area is 181 Å². The molecule has 168 valence electrons. The predicted octanol–water partition coefficient (Wildman–Crippen LogP) is 3.86. The Bertz CT molecular complexity index is 782. The van der Waals surface area contributed by atoms with Gasteiger partial charge in [-0.2, -0.15) is 0 Å². The van der Waals surface area contributed by atoms with Crippen molar-refractivity contribution in [1.29, 1.82) is 0 Å². The van der Waals surface area contributed by atoms with Gasteiger partial charge >= 0.3 is 0 Å². The first-order valence-corrected chi connectivity index (χ1v) is 13.1. The van der Waals surface area contributed by atoms with Gasteiger partial charge in [-0.25, -0.2) is 12.7 Å². The van der Waals surface area contributed by atoms with Crippen LogP contribution < -0.4 is 10.1 Å². The predicted molar refractivity (Wildman–Crippen MR) is 119 cm³/mol. The second-order valence-corrected chi connectivity index (χ2v) is 10.7. The topological polar surface area (TPSA) is 75.7 Å². The number of ether oxygens (including phenoxy) is 1. The first-order chi connectivity index (χ1) is 14.5. The summed E-state index contributed by atoms with van der Waals surface area (Å²) in [5.74, 6) is 0.974. The van der Waals surface area contributed by atoms with E-state index >= 15 is 0 Å². The van der Waals surface area contributed by atoms with Crippen molar-refractivity contribution in [2.45, 2.75) is 77.4 Å². The Morgan fingerprint density at radius 2 is 1.87 bits per heavy atom. The summed E-state index contributed by atoms with van der Waals surface area (Å²) in [7, 11) is -3.18. The van der Waals surface area contributed by atoms with Crippen LogP contribution in [0.2, 0.25) is 0 Å². The molecule has 1 N–H and O–H groups in total. The molecule has 0 aromatic heterocycles. The van der Waals surface area contributed by atoms with Gasteiger partial charge in [-0.05, 0) is 62.6 Å². The SMILES string of the molecule is CCCCS(=O)(=O)N1CCC(C(=O)NCc2cccc(OC3CCCCC3)c2)CC1. The third kappa shape index (κ3) is 6.71. The van der Waals surface area contributed by atoms with Gasteiger partial charge in [0.25, 0.3) is 0 Å². The van der Waals surface area contributed by atoms with Crippen LogP contribution in [0.3, 0.4) is 0 Å². The number of nitrogens with one attached hydrogen (secondary N) is 1. The van der Waals surface area contributed by atoms with E-state index in [1.807, 2.05) is 31.2 Å². The van der Waals surface area contributed by atoms with E-state index in [0.29, 0.717) is 45.0 Å². The first-order valence-electron chi connectivity index (χ1n) is 11.5. The quantitative estimate of drug-likeness (QED) is 0.638. The fourth-order valence-electron chi connectivity index (χ4n) is 4.29. The molecule has 2 aliphatic rings. The number of piperidine rings is 1. The average Bonchev–Trinajstić information content (AvgIpc) is 2.77. The molecule has 1 saturated heterocycles. The maximum Gasteiger partial charge on any atom is 0.223 e. The fourth-order valence-corrected chi connectivity index (χ4v) is 5.97. The zero-order valence-corrected chi connectivity index (χ0v) is 19.0. The molecule has 3 rings (SSSR count). The summed E-state index contributed by atoms with van der Waals surface area (Å²) >= 11 is 0. The third-order valence-electron chi connectivity index (χ3n) is 6.19. The molecule has 6 nitrogen and oxygen atoms in total.